The molecule has 0 bridgehead atoms. The standard InChI is InChI=1S/C30H39FN4O5/c1-19-16-35(20(2)18-36)29(38)25-15-24(32-28(37)21-7-5-4-6-8-21)13-14-26(25)40-27(19)17-34(3)30(39)33-23-11-9-22(31)10-12-23/h9-15,19-21,27,36H,4-8,16-18H2,1-3H3,(H,32,37)(H,33,39)/t19-,20+,27-/m1/s1. The Balaban J connectivity index is 1.55. The van der Waals surface area contributed by atoms with Crippen LogP contribution in [0.2, 0.25) is 0 Å². The summed E-state index contributed by atoms with van der Waals surface area (Å²) in [6, 6.07) is 9.71. The van der Waals surface area contributed by atoms with Gasteiger partial charge in [-0.1, -0.05) is 26.2 Å². The number of aliphatic hydroxyl groups is 1. The Hall–Kier alpha value is -3.66. The first-order chi connectivity index (χ1) is 19.2. The van der Waals surface area contributed by atoms with Gasteiger partial charge >= 0.3 is 6.03 Å². The quantitative estimate of drug-likeness (QED) is 0.458. The number of carbonyl (C=O) groups is 3. The monoisotopic (exact) mass is 554 g/mol. The summed E-state index contributed by atoms with van der Waals surface area (Å²) in [6.07, 6.45) is 4.48. The number of halogens is 1. The summed E-state index contributed by atoms with van der Waals surface area (Å²) >= 11 is 0. The number of nitrogens with one attached hydrogen (secondary N) is 2. The van der Waals surface area contributed by atoms with Gasteiger partial charge in [-0.15, -0.1) is 0 Å². The van der Waals surface area contributed by atoms with Crippen molar-refractivity contribution in [1.29, 1.82) is 0 Å². The van der Waals surface area contributed by atoms with E-state index in [1.54, 1.807) is 37.1 Å². The Bertz CT molecular complexity index is 1200. The van der Waals surface area contributed by atoms with Crippen molar-refractivity contribution < 1.29 is 28.6 Å². The smallest absolute Gasteiger partial charge is 0.321 e. The molecule has 1 saturated carbocycles. The second-order valence-corrected chi connectivity index (χ2v) is 11.0. The summed E-state index contributed by atoms with van der Waals surface area (Å²) < 4.78 is 19.6. The molecule has 0 unspecified atom stereocenters. The lowest BCUT2D eigenvalue weighted by atomic mass is 9.88. The normalized spacial score (nSPS) is 20.4. The molecule has 3 N–H and O–H groups in total. The van der Waals surface area contributed by atoms with E-state index >= 15 is 0 Å². The predicted octanol–water partition coefficient (Wildman–Crippen LogP) is 4.73. The third-order valence-electron chi connectivity index (χ3n) is 7.80. The molecular formula is C30H39FN4O5. The first-order valence-corrected chi connectivity index (χ1v) is 14.0. The van der Waals surface area contributed by atoms with Crippen molar-refractivity contribution in [3.05, 3.63) is 53.8 Å². The van der Waals surface area contributed by atoms with Gasteiger partial charge in [-0.3, -0.25) is 9.59 Å². The van der Waals surface area contributed by atoms with Gasteiger partial charge in [-0.05, 0) is 62.2 Å². The van der Waals surface area contributed by atoms with Crippen molar-refractivity contribution in [2.45, 2.75) is 58.1 Å². The lowest BCUT2D eigenvalue weighted by Crippen LogP contribution is -2.50. The van der Waals surface area contributed by atoms with Crippen LogP contribution < -0.4 is 15.4 Å². The number of nitrogens with zero attached hydrogens (tertiary/aromatic N) is 2. The van der Waals surface area contributed by atoms with Crippen LogP contribution in [0, 0.1) is 17.7 Å². The zero-order chi connectivity index (χ0) is 28.8. The number of hydrogen-bond acceptors (Lipinski definition) is 5. The number of anilines is 2. The Morgan fingerprint density at radius 2 is 1.77 bits per heavy atom. The molecule has 4 amide bonds. The molecule has 0 saturated heterocycles. The zero-order valence-corrected chi connectivity index (χ0v) is 23.4. The van der Waals surface area contributed by atoms with Crippen LogP contribution in [0.3, 0.4) is 0 Å². The summed E-state index contributed by atoms with van der Waals surface area (Å²) in [4.78, 5) is 42.5. The van der Waals surface area contributed by atoms with Crippen LogP contribution in [0.15, 0.2) is 42.5 Å². The molecule has 1 heterocycles. The fraction of sp³-hybridized carbons (Fsp3) is 0.500. The van der Waals surface area contributed by atoms with Gasteiger partial charge in [0.15, 0.2) is 0 Å². The van der Waals surface area contributed by atoms with Crippen molar-refractivity contribution in [2.75, 3.05) is 37.4 Å². The molecule has 9 nitrogen and oxygen atoms in total. The molecule has 40 heavy (non-hydrogen) atoms. The molecule has 10 heteroatoms. The first kappa shape index (κ1) is 29.3. The largest absolute Gasteiger partial charge is 0.487 e. The minimum atomic E-state index is -0.480. The molecule has 3 atom stereocenters. The number of ether oxygens (including phenoxy) is 1. The third kappa shape index (κ3) is 7.10. The van der Waals surface area contributed by atoms with Crippen molar-refractivity contribution in [3.8, 4) is 5.75 Å². The Kier molecular flexibility index (Phi) is 9.63. The van der Waals surface area contributed by atoms with Gasteiger partial charge in [0.05, 0.1) is 24.8 Å². The van der Waals surface area contributed by atoms with Gasteiger partial charge in [0, 0.05) is 36.8 Å². The van der Waals surface area contributed by atoms with Crippen molar-refractivity contribution in [1.82, 2.24) is 9.80 Å². The van der Waals surface area contributed by atoms with Crippen LogP contribution in [0.1, 0.15) is 56.3 Å². The molecule has 216 valence electrons. The number of likely N-dealkylation sites (N-methyl/N-ethyl adjacent to an activating group) is 1. The van der Waals surface area contributed by atoms with Crippen LogP contribution >= 0.6 is 0 Å². The summed E-state index contributed by atoms with van der Waals surface area (Å²) in [5.74, 6) is -0.597. The Labute approximate surface area is 234 Å². The summed E-state index contributed by atoms with van der Waals surface area (Å²) in [7, 11) is 1.64. The van der Waals surface area contributed by atoms with E-state index in [0.29, 0.717) is 23.7 Å². The minimum absolute atomic E-state index is 0.0320. The highest BCUT2D eigenvalue weighted by molar-refractivity contribution is 6.00. The van der Waals surface area contributed by atoms with Crippen LogP contribution in [-0.4, -0.2) is 71.6 Å². The second-order valence-electron chi connectivity index (χ2n) is 11.0. The van der Waals surface area contributed by atoms with Gasteiger partial charge < -0.3 is 30.3 Å². The highest BCUT2D eigenvalue weighted by Gasteiger charge is 2.34. The van der Waals surface area contributed by atoms with Crippen LogP contribution in [0.4, 0.5) is 20.6 Å². The number of amides is 4. The van der Waals surface area contributed by atoms with Crippen LogP contribution in [-0.2, 0) is 4.79 Å². The van der Waals surface area contributed by atoms with E-state index < -0.39 is 18.0 Å². The van der Waals surface area contributed by atoms with Crippen LogP contribution in [0.25, 0.3) is 0 Å². The number of aliphatic hydroxyl groups excluding tert-OH is 1. The van der Waals surface area contributed by atoms with Gasteiger partial charge in [0.25, 0.3) is 5.91 Å². The van der Waals surface area contributed by atoms with Crippen molar-refractivity contribution in [3.63, 3.8) is 0 Å². The SMILES string of the molecule is C[C@@H]1CN([C@@H](C)CO)C(=O)c2cc(NC(=O)C3CCCCC3)ccc2O[C@@H]1CN(C)C(=O)Nc1ccc(F)cc1. The fourth-order valence-corrected chi connectivity index (χ4v) is 5.23. The maximum atomic E-state index is 13.7. The number of urea groups is 1. The maximum Gasteiger partial charge on any atom is 0.321 e. The lowest BCUT2D eigenvalue weighted by Gasteiger charge is -2.38. The Morgan fingerprint density at radius 1 is 1.10 bits per heavy atom. The van der Waals surface area contributed by atoms with Gasteiger partial charge in [0.2, 0.25) is 5.91 Å². The topological polar surface area (TPSA) is 111 Å². The molecule has 4 rings (SSSR count). The number of benzene rings is 2. The van der Waals surface area contributed by atoms with Crippen molar-refractivity contribution >= 4 is 29.2 Å². The average molecular weight is 555 g/mol. The fourth-order valence-electron chi connectivity index (χ4n) is 5.23. The van der Waals surface area contributed by atoms with E-state index in [2.05, 4.69) is 10.6 Å². The van der Waals surface area contributed by atoms with Crippen molar-refractivity contribution in [2.24, 2.45) is 11.8 Å². The molecule has 1 aliphatic carbocycles. The van der Waals surface area contributed by atoms with Crippen LogP contribution in [0.5, 0.6) is 5.75 Å². The van der Waals surface area contributed by atoms with E-state index in [4.69, 9.17) is 4.74 Å². The molecule has 2 aromatic carbocycles. The van der Waals surface area contributed by atoms with E-state index in [1.807, 2.05) is 6.92 Å². The third-order valence-corrected chi connectivity index (χ3v) is 7.80. The highest BCUT2D eigenvalue weighted by atomic mass is 19.1. The summed E-state index contributed by atoms with van der Waals surface area (Å²) in [6.45, 7) is 4.01. The number of fused-ring (bicyclic) bond motifs is 1. The average Bonchev–Trinajstić information content (AvgIpc) is 2.96. The molecule has 0 spiro atoms. The molecule has 2 aromatic rings. The van der Waals surface area contributed by atoms with E-state index in [1.165, 1.54) is 29.2 Å². The molecule has 1 fully saturated rings. The number of rotatable bonds is 7. The van der Waals surface area contributed by atoms with Gasteiger partial charge in [0.1, 0.15) is 17.7 Å². The number of hydrogen-bond donors (Lipinski definition) is 3. The van der Waals surface area contributed by atoms with E-state index in [9.17, 15) is 23.9 Å². The zero-order valence-electron chi connectivity index (χ0n) is 23.4. The van der Waals surface area contributed by atoms with Gasteiger partial charge in [-0.2, -0.15) is 0 Å². The minimum Gasteiger partial charge on any atom is -0.487 e. The predicted molar refractivity (Wildman–Crippen MR) is 151 cm³/mol. The lowest BCUT2D eigenvalue weighted by molar-refractivity contribution is -0.120. The first-order valence-electron chi connectivity index (χ1n) is 14.0. The highest BCUT2D eigenvalue weighted by Crippen LogP contribution is 2.32. The van der Waals surface area contributed by atoms with E-state index in [-0.39, 0.29) is 48.4 Å². The molecule has 0 aromatic heterocycles. The molecule has 1 aliphatic heterocycles. The number of carbonyl (C=O) groups excluding carboxylic acids is 3. The molecular weight excluding hydrogens is 515 g/mol. The van der Waals surface area contributed by atoms with E-state index in [0.717, 1.165) is 32.1 Å². The Morgan fingerprint density at radius 3 is 2.45 bits per heavy atom. The summed E-state index contributed by atoms with van der Waals surface area (Å²) in [5, 5.41) is 15.6. The maximum absolute atomic E-state index is 13.7. The second kappa shape index (κ2) is 13.1. The summed E-state index contributed by atoms with van der Waals surface area (Å²) in [5.41, 5.74) is 1.27. The molecule has 0 radical (unpaired) electrons. The van der Waals surface area contributed by atoms with Gasteiger partial charge in [-0.25, -0.2) is 9.18 Å². The molecule has 2 aliphatic rings.